The molecule has 1 N–H and O–H groups in total. The van der Waals surface area contributed by atoms with Gasteiger partial charge in [-0.1, -0.05) is 20.8 Å². The molecule has 8 heteroatoms. The van der Waals surface area contributed by atoms with Crippen molar-refractivity contribution < 1.29 is 23.8 Å². The zero-order valence-corrected chi connectivity index (χ0v) is 17.4. The van der Waals surface area contributed by atoms with Crippen LogP contribution in [0.1, 0.15) is 37.2 Å². The largest absolute Gasteiger partial charge is 0.493 e. The highest BCUT2D eigenvalue weighted by atomic mass is 19.1. The SMILES string of the molecule is COc1ccc2c(cc3n2CC(C(C)(C)C)n2cc(C(=O)O)c(=O)c(F)c2-3)c1OC. The number of carbonyl (C=O) groups is 1. The smallest absolute Gasteiger partial charge is 0.341 e. The Bertz CT molecular complexity index is 1250. The van der Waals surface area contributed by atoms with Crippen LogP contribution in [0.4, 0.5) is 4.39 Å². The molecule has 0 saturated heterocycles. The summed E-state index contributed by atoms with van der Waals surface area (Å²) < 4.78 is 29.8. The number of hydrogen-bond donors (Lipinski definition) is 1. The maximum absolute atomic E-state index is 15.3. The van der Waals surface area contributed by atoms with Crippen molar-refractivity contribution in [2.75, 3.05) is 14.2 Å². The van der Waals surface area contributed by atoms with Gasteiger partial charge in [0.15, 0.2) is 17.3 Å². The number of aromatic nitrogens is 2. The second kappa shape index (κ2) is 6.62. The van der Waals surface area contributed by atoms with Crippen LogP contribution in [0.2, 0.25) is 0 Å². The van der Waals surface area contributed by atoms with Crippen LogP contribution < -0.4 is 14.9 Å². The number of nitrogens with zero attached hydrogens (tertiary/aromatic N) is 2. The Balaban J connectivity index is 2.14. The van der Waals surface area contributed by atoms with Crippen LogP contribution >= 0.6 is 0 Å². The molecule has 1 unspecified atom stereocenters. The maximum Gasteiger partial charge on any atom is 0.341 e. The van der Waals surface area contributed by atoms with Crippen LogP contribution in [0.15, 0.2) is 29.2 Å². The average Bonchev–Trinajstić information content (AvgIpc) is 3.06. The summed E-state index contributed by atoms with van der Waals surface area (Å²) in [4.78, 5) is 24.0. The molecule has 0 amide bonds. The topological polar surface area (TPSA) is 82.7 Å². The van der Waals surface area contributed by atoms with Gasteiger partial charge in [-0.25, -0.2) is 9.18 Å². The number of hydrogen-bond acceptors (Lipinski definition) is 4. The van der Waals surface area contributed by atoms with Crippen molar-refractivity contribution in [1.29, 1.82) is 0 Å². The molecule has 1 atom stereocenters. The fourth-order valence-corrected chi connectivity index (χ4v) is 4.25. The van der Waals surface area contributed by atoms with Crippen molar-refractivity contribution in [3.05, 3.63) is 46.0 Å². The highest BCUT2D eigenvalue weighted by Crippen LogP contribution is 2.45. The Morgan fingerprint density at radius 3 is 2.50 bits per heavy atom. The normalized spacial score (nSPS) is 15.6. The molecule has 3 aromatic rings. The molecule has 2 aromatic heterocycles. The Morgan fingerprint density at radius 2 is 1.93 bits per heavy atom. The highest BCUT2D eigenvalue weighted by molar-refractivity contribution is 5.94. The number of aromatic carboxylic acids is 1. The van der Waals surface area contributed by atoms with E-state index in [0.717, 1.165) is 10.9 Å². The average molecular weight is 414 g/mol. The number of benzene rings is 1. The van der Waals surface area contributed by atoms with Gasteiger partial charge in [0.25, 0.3) is 0 Å². The molecule has 30 heavy (non-hydrogen) atoms. The van der Waals surface area contributed by atoms with E-state index in [0.29, 0.717) is 23.7 Å². The fraction of sp³-hybridized carbons (Fsp3) is 0.364. The van der Waals surface area contributed by atoms with Gasteiger partial charge in [-0.05, 0) is 23.6 Å². The van der Waals surface area contributed by atoms with E-state index in [2.05, 4.69) is 0 Å². The zero-order chi connectivity index (χ0) is 22.0. The van der Waals surface area contributed by atoms with Gasteiger partial charge in [0.1, 0.15) is 11.3 Å². The predicted octanol–water partition coefficient (Wildman–Crippen LogP) is 3.93. The van der Waals surface area contributed by atoms with Crippen molar-refractivity contribution in [3.8, 4) is 22.9 Å². The van der Waals surface area contributed by atoms with Crippen molar-refractivity contribution in [2.45, 2.75) is 33.4 Å². The summed E-state index contributed by atoms with van der Waals surface area (Å²) in [6.45, 7) is 6.47. The van der Waals surface area contributed by atoms with Gasteiger partial charge in [0.05, 0.1) is 31.5 Å². The third-order valence-corrected chi connectivity index (χ3v) is 5.77. The molecule has 0 saturated carbocycles. The molecule has 1 aliphatic rings. The number of pyridine rings is 1. The second-order valence-electron chi connectivity index (χ2n) is 8.50. The molecule has 4 rings (SSSR count). The lowest BCUT2D eigenvalue weighted by Crippen LogP contribution is -2.36. The van der Waals surface area contributed by atoms with Gasteiger partial charge in [-0.2, -0.15) is 0 Å². The van der Waals surface area contributed by atoms with Gasteiger partial charge < -0.3 is 23.7 Å². The number of rotatable bonds is 3. The Hall–Kier alpha value is -3.29. The molecular formula is C22H23FN2O5. The fourth-order valence-electron chi connectivity index (χ4n) is 4.25. The number of carboxylic acid groups (broad SMARTS) is 1. The summed E-state index contributed by atoms with van der Waals surface area (Å²) in [5.74, 6) is -1.46. The van der Waals surface area contributed by atoms with Gasteiger partial charge in [-0.15, -0.1) is 0 Å². The predicted molar refractivity (Wildman–Crippen MR) is 110 cm³/mol. The van der Waals surface area contributed by atoms with Crippen molar-refractivity contribution in [3.63, 3.8) is 0 Å². The number of halogens is 1. The van der Waals surface area contributed by atoms with Crippen LogP contribution in [-0.2, 0) is 6.54 Å². The minimum absolute atomic E-state index is 0.0772. The third-order valence-electron chi connectivity index (χ3n) is 5.77. The summed E-state index contributed by atoms with van der Waals surface area (Å²) in [6.07, 6.45) is 1.26. The third kappa shape index (κ3) is 2.70. The summed E-state index contributed by atoms with van der Waals surface area (Å²) in [6, 6.07) is 5.13. The van der Waals surface area contributed by atoms with Crippen LogP contribution in [0.25, 0.3) is 22.3 Å². The van der Waals surface area contributed by atoms with E-state index in [1.165, 1.54) is 20.4 Å². The van der Waals surface area contributed by atoms with Gasteiger partial charge in [-0.3, -0.25) is 4.79 Å². The molecule has 0 bridgehead atoms. The number of fused-ring (bicyclic) bond motifs is 5. The zero-order valence-electron chi connectivity index (χ0n) is 17.4. The lowest BCUT2D eigenvalue weighted by molar-refractivity contribution is 0.0692. The van der Waals surface area contributed by atoms with Gasteiger partial charge in [0, 0.05) is 18.1 Å². The Morgan fingerprint density at radius 1 is 1.23 bits per heavy atom. The monoisotopic (exact) mass is 414 g/mol. The first-order chi connectivity index (χ1) is 14.1. The second-order valence-corrected chi connectivity index (χ2v) is 8.50. The van der Waals surface area contributed by atoms with Gasteiger partial charge >= 0.3 is 5.97 Å². The minimum atomic E-state index is -1.45. The molecular weight excluding hydrogens is 391 g/mol. The molecule has 0 radical (unpaired) electrons. The Kier molecular flexibility index (Phi) is 4.41. The first-order valence-electron chi connectivity index (χ1n) is 9.52. The quantitative estimate of drug-likeness (QED) is 0.702. The molecule has 7 nitrogen and oxygen atoms in total. The van der Waals surface area contributed by atoms with E-state index in [9.17, 15) is 14.7 Å². The van der Waals surface area contributed by atoms with E-state index in [1.54, 1.807) is 16.7 Å². The van der Waals surface area contributed by atoms with Crippen LogP contribution in [0.5, 0.6) is 11.5 Å². The molecule has 3 heterocycles. The van der Waals surface area contributed by atoms with Crippen molar-refractivity contribution in [1.82, 2.24) is 9.13 Å². The highest BCUT2D eigenvalue weighted by Gasteiger charge is 2.37. The summed E-state index contributed by atoms with van der Waals surface area (Å²) in [5, 5.41) is 10.1. The van der Waals surface area contributed by atoms with Crippen LogP contribution in [0.3, 0.4) is 0 Å². The lowest BCUT2D eigenvalue weighted by atomic mass is 9.84. The maximum atomic E-state index is 15.3. The van der Waals surface area contributed by atoms with Crippen molar-refractivity contribution >= 4 is 16.9 Å². The van der Waals surface area contributed by atoms with E-state index in [-0.39, 0.29) is 17.2 Å². The van der Waals surface area contributed by atoms with E-state index < -0.39 is 22.8 Å². The first-order valence-corrected chi connectivity index (χ1v) is 9.52. The van der Waals surface area contributed by atoms with Crippen LogP contribution in [0, 0.1) is 11.2 Å². The molecule has 0 fully saturated rings. The number of ether oxygens (including phenoxy) is 2. The van der Waals surface area contributed by atoms with Gasteiger partial charge in [0.2, 0.25) is 5.43 Å². The van der Waals surface area contributed by atoms with Crippen molar-refractivity contribution in [2.24, 2.45) is 5.41 Å². The van der Waals surface area contributed by atoms with Crippen LogP contribution in [-0.4, -0.2) is 34.4 Å². The van der Waals surface area contributed by atoms with E-state index in [4.69, 9.17) is 9.47 Å². The molecule has 1 aromatic carbocycles. The molecule has 1 aliphatic heterocycles. The minimum Gasteiger partial charge on any atom is -0.493 e. The first kappa shape index (κ1) is 20.0. The Labute approximate surface area is 172 Å². The number of methoxy groups -OCH3 is 2. The summed E-state index contributed by atoms with van der Waals surface area (Å²) in [7, 11) is 3.07. The molecule has 158 valence electrons. The molecule has 0 spiro atoms. The standard InChI is InChI=1S/C22H23FN2O5/c1-22(2,3)16-10-24-13-6-7-15(29-4)20(30-5)11(13)8-14(24)18-17(23)19(26)12(21(27)28)9-25(16)18/h6-9,16H,10H2,1-5H3,(H,27,28). The number of carboxylic acids is 1. The molecule has 0 aliphatic carbocycles. The summed E-state index contributed by atoms with van der Waals surface area (Å²) in [5.41, 5.74) is -0.648. The van der Waals surface area contributed by atoms with E-state index >= 15 is 4.39 Å². The lowest BCUT2D eigenvalue weighted by Gasteiger charge is -2.39. The van der Waals surface area contributed by atoms with E-state index in [1.807, 2.05) is 31.4 Å². The summed E-state index contributed by atoms with van der Waals surface area (Å²) >= 11 is 0.